The molecule has 0 atom stereocenters. The maximum atomic E-state index is 5.02. The van der Waals surface area contributed by atoms with Gasteiger partial charge in [0.2, 0.25) is 0 Å². The molecule has 0 N–H and O–H groups in total. The number of hydrogen-bond acceptors (Lipinski definition) is 2. The van der Waals surface area contributed by atoms with E-state index >= 15 is 0 Å². The van der Waals surface area contributed by atoms with Gasteiger partial charge in [0.05, 0.1) is 0 Å². The van der Waals surface area contributed by atoms with Gasteiger partial charge in [0.15, 0.2) is 0 Å². The first-order valence-electron chi connectivity index (χ1n) is 17.2. The Labute approximate surface area is 306 Å². The first-order valence-corrected chi connectivity index (χ1v) is 20.2. The molecule has 245 valence electrons. The number of benzene rings is 5. The maximum absolute atomic E-state index is 5.02. The molecule has 0 unspecified atom stereocenters. The van der Waals surface area contributed by atoms with Crippen molar-refractivity contribution in [3.63, 3.8) is 0 Å². The van der Waals surface area contributed by atoms with Gasteiger partial charge in [-0.3, -0.25) is 0 Å². The van der Waals surface area contributed by atoms with Crippen molar-refractivity contribution in [1.82, 2.24) is 9.97 Å². The molecule has 0 aliphatic heterocycles. The van der Waals surface area contributed by atoms with Crippen LogP contribution < -0.4 is 15.9 Å². The molecule has 1 heterocycles. The Bertz CT molecular complexity index is 2270. The third-order valence-corrected chi connectivity index (χ3v) is 14.8. The molecule has 1 fully saturated rings. The molecule has 5 aromatic carbocycles. The molecule has 4 heteroatoms. The van der Waals surface area contributed by atoms with Crippen LogP contribution in [0.1, 0.15) is 44.2 Å². The van der Waals surface area contributed by atoms with Gasteiger partial charge < -0.3 is 0 Å². The van der Waals surface area contributed by atoms with E-state index in [0.717, 1.165) is 46.0 Å². The van der Waals surface area contributed by atoms with Crippen LogP contribution >= 0.6 is 7.26 Å². The van der Waals surface area contributed by atoms with Crippen molar-refractivity contribution in [1.29, 1.82) is 0 Å². The van der Waals surface area contributed by atoms with E-state index in [4.69, 9.17) is 9.97 Å². The van der Waals surface area contributed by atoms with Gasteiger partial charge in [-0.1, -0.05) is 12.2 Å². The van der Waals surface area contributed by atoms with Crippen LogP contribution in [-0.2, 0) is 17.9 Å². The van der Waals surface area contributed by atoms with Crippen LogP contribution in [0.25, 0.3) is 34.2 Å². The van der Waals surface area contributed by atoms with Crippen LogP contribution in [-0.4, -0.2) is 9.97 Å². The molecular weight excluding hydrogens is 802 g/mol. The van der Waals surface area contributed by atoms with E-state index < -0.39 is 7.26 Å². The molecule has 1 aromatic heterocycles. The van der Waals surface area contributed by atoms with Crippen molar-refractivity contribution in [2.75, 3.05) is 0 Å². The second-order valence-electron chi connectivity index (χ2n) is 12.5. The van der Waals surface area contributed by atoms with Gasteiger partial charge in [-0.05, 0) is 12.5 Å². The van der Waals surface area contributed by atoms with E-state index in [9.17, 15) is 0 Å². The Hall–Kier alpha value is -4.75. The zero-order valence-corrected chi connectivity index (χ0v) is 31.8. The van der Waals surface area contributed by atoms with Gasteiger partial charge in [-0.15, -0.1) is 0 Å². The molecule has 1 aliphatic rings. The van der Waals surface area contributed by atoms with Gasteiger partial charge in [0, 0.05) is 0 Å². The summed E-state index contributed by atoms with van der Waals surface area (Å²) in [5, 5.41) is 5.20. The third-order valence-electron chi connectivity index (χ3n) is 9.40. The second-order valence-corrected chi connectivity index (χ2v) is 16.4. The SMILES string of the molecule is CC=C1CCCC1=CC(/C=C/c1ccc2nc3cc(/C=C/C)ccc3nc2c1)=C([C]#[Os])[P+](c1ccccc1)(c1ccccc1)c1ccccc1. The van der Waals surface area contributed by atoms with E-state index in [-0.39, 0.29) is 0 Å². The average Bonchev–Trinajstić information content (AvgIpc) is 3.63. The molecule has 50 heavy (non-hydrogen) atoms. The van der Waals surface area contributed by atoms with Crippen LogP contribution in [0, 0.1) is 4.37 Å². The number of fused-ring (bicyclic) bond motifs is 2. The Morgan fingerprint density at radius 1 is 0.620 bits per heavy atom. The summed E-state index contributed by atoms with van der Waals surface area (Å²) in [6.07, 6.45) is 16.8. The van der Waals surface area contributed by atoms with Crippen LogP contribution in [0.3, 0.4) is 0 Å². The first kappa shape index (κ1) is 33.7. The summed E-state index contributed by atoms with van der Waals surface area (Å²) >= 11 is 1.83. The minimum atomic E-state index is -2.37. The molecule has 1 aliphatic carbocycles. The fourth-order valence-corrected chi connectivity index (χ4v) is 12.9. The quantitative estimate of drug-likeness (QED) is 0.0867. The molecule has 0 saturated heterocycles. The number of allylic oxidation sites excluding steroid dienone is 8. The zero-order chi connectivity index (χ0) is 34.3. The van der Waals surface area contributed by atoms with Gasteiger partial charge in [-0.25, -0.2) is 0 Å². The molecule has 0 spiro atoms. The van der Waals surface area contributed by atoms with E-state index in [1.807, 2.05) is 30.9 Å². The van der Waals surface area contributed by atoms with E-state index in [0.29, 0.717) is 0 Å². The second kappa shape index (κ2) is 15.4. The molecule has 0 bridgehead atoms. The Kier molecular flexibility index (Phi) is 10.4. The fraction of sp³-hybridized carbons (Fsp3) is 0.109. The summed E-state index contributed by atoms with van der Waals surface area (Å²) in [7, 11) is -2.37. The van der Waals surface area contributed by atoms with Crippen molar-refractivity contribution in [2.45, 2.75) is 33.1 Å². The summed E-state index contributed by atoms with van der Waals surface area (Å²) in [6, 6.07) is 45.9. The van der Waals surface area contributed by atoms with Gasteiger partial charge in [0.25, 0.3) is 0 Å². The number of hydrogen-bond donors (Lipinski definition) is 0. The fourth-order valence-electron chi connectivity index (χ4n) is 7.06. The van der Waals surface area contributed by atoms with E-state index in [1.54, 1.807) is 0 Å². The van der Waals surface area contributed by atoms with Crippen molar-refractivity contribution in [3.05, 3.63) is 185 Å². The summed E-state index contributed by atoms with van der Waals surface area (Å²) in [4.78, 5) is 9.99. The van der Waals surface area contributed by atoms with E-state index in [2.05, 4.69) is 169 Å². The molecule has 2 nitrogen and oxygen atoms in total. The van der Waals surface area contributed by atoms with Crippen molar-refractivity contribution >= 4 is 57.4 Å². The molecule has 0 amide bonds. The van der Waals surface area contributed by atoms with Crippen LogP contribution in [0.2, 0.25) is 0 Å². The number of nitrogens with zero attached hydrogens (tertiary/aromatic N) is 2. The van der Waals surface area contributed by atoms with Crippen LogP contribution in [0.5, 0.6) is 0 Å². The monoisotopic (exact) mass is 842 g/mol. The topological polar surface area (TPSA) is 25.8 Å². The summed E-state index contributed by atoms with van der Waals surface area (Å²) < 4.78 is 3.86. The van der Waals surface area contributed by atoms with Gasteiger partial charge in [-0.2, -0.15) is 0 Å². The molecule has 7 rings (SSSR count). The molecular formula is C46H39N2OsP+. The van der Waals surface area contributed by atoms with Crippen LogP contribution in [0.15, 0.2) is 174 Å². The summed E-state index contributed by atoms with van der Waals surface area (Å²) in [6.45, 7) is 4.20. The van der Waals surface area contributed by atoms with Gasteiger partial charge >= 0.3 is 283 Å². The Morgan fingerprint density at radius 2 is 1.12 bits per heavy atom. The Morgan fingerprint density at radius 3 is 1.60 bits per heavy atom. The Balaban J connectivity index is 1.47. The summed E-state index contributed by atoms with van der Waals surface area (Å²) in [5.41, 5.74) is 9.88. The normalized spacial score (nSPS) is 15.8. The number of rotatable bonds is 8. The van der Waals surface area contributed by atoms with Gasteiger partial charge in [0.1, 0.15) is 0 Å². The standard InChI is InChI=1S/C46H39N2P.Os/c1-4-16-35-26-29-43-45(31-35)47-44-30-27-36(32-46(44)48-43)25-28-38(33-39-18-15-17-37(39)5-2)34(3)49(40-19-9-6-10-20-40,41-21-11-7-12-22-41)42-23-13-8-14-24-42;/h4-14,16,19-33H,15,17-18H2,1-2H3;/q+1;/b16-4+,28-25+,37-5?,38-34?,39-33?;. The van der Waals surface area contributed by atoms with Crippen LogP contribution in [0.4, 0.5) is 0 Å². The van der Waals surface area contributed by atoms with Crippen molar-refractivity contribution < 1.29 is 17.9 Å². The average molecular weight is 841 g/mol. The first-order chi connectivity index (χ1) is 24.6. The predicted molar refractivity (Wildman–Crippen MR) is 213 cm³/mol. The van der Waals surface area contributed by atoms with Crippen molar-refractivity contribution in [2.24, 2.45) is 0 Å². The summed E-state index contributed by atoms with van der Waals surface area (Å²) in [5.74, 6) is 0. The number of aromatic nitrogens is 2. The predicted octanol–water partition coefficient (Wildman–Crippen LogP) is 10.6. The third kappa shape index (κ3) is 6.71. The molecule has 6 aromatic rings. The molecule has 1 saturated carbocycles. The minimum absolute atomic E-state index is 0.893. The van der Waals surface area contributed by atoms with Crippen molar-refractivity contribution in [3.8, 4) is 4.37 Å². The molecule has 0 radical (unpaired) electrons. The van der Waals surface area contributed by atoms with E-state index in [1.165, 1.54) is 44.4 Å². The zero-order valence-electron chi connectivity index (χ0n) is 28.4.